The average Bonchev–Trinajstić information content (AvgIpc) is 2.46. The second-order valence-corrected chi connectivity index (χ2v) is 7.28. The van der Waals surface area contributed by atoms with Crippen LogP contribution in [-0.4, -0.2) is 41.4 Å². The molecule has 2 unspecified atom stereocenters. The second-order valence-electron chi connectivity index (χ2n) is 5.06. The summed E-state index contributed by atoms with van der Waals surface area (Å²) in [7, 11) is -3.96. The van der Waals surface area contributed by atoms with E-state index in [2.05, 4.69) is 4.98 Å². The van der Waals surface area contributed by atoms with Crippen LogP contribution in [-0.2, 0) is 14.8 Å². The molecule has 1 aliphatic heterocycles. The third kappa shape index (κ3) is 3.20. The maximum absolute atomic E-state index is 12.7. The van der Waals surface area contributed by atoms with Gasteiger partial charge in [-0.25, -0.2) is 13.4 Å². The Kier molecular flexibility index (Phi) is 4.85. The van der Waals surface area contributed by atoms with Gasteiger partial charge in [0.15, 0.2) is 0 Å². The van der Waals surface area contributed by atoms with Gasteiger partial charge in [-0.15, -0.1) is 0 Å². The van der Waals surface area contributed by atoms with Crippen LogP contribution >= 0.6 is 11.6 Å². The van der Waals surface area contributed by atoms with Crippen molar-refractivity contribution in [3.8, 4) is 0 Å². The highest BCUT2D eigenvalue weighted by Crippen LogP contribution is 2.31. The van der Waals surface area contributed by atoms with E-state index in [1.165, 1.54) is 18.3 Å². The summed E-state index contributed by atoms with van der Waals surface area (Å²) in [5.74, 6) is -0.904. The normalized spacial score (nSPS) is 23.9. The molecule has 0 saturated carbocycles. The second kappa shape index (κ2) is 6.29. The smallest absolute Gasteiger partial charge is 0.322 e. The predicted octanol–water partition coefficient (Wildman–Crippen LogP) is 2.00. The Morgan fingerprint density at radius 3 is 2.86 bits per heavy atom. The van der Waals surface area contributed by atoms with E-state index in [4.69, 9.17) is 11.6 Å². The molecule has 1 saturated heterocycles. The number of pyridine rings is 1. The van der Waals surface area contributed by atoms with E-state index in [0.717, 1.165) is 10.7 Å². The highest BCUT2D eigenvalue weighted by atomic mass is 35.5. The number of carboxylic acid groups (broad SMARTS) is 1. The maximum atomic E-state index is 12.7. The lowest BCUT2D eigenvalue weighted by Crippen LogP contribution is -2.50. The Morgan fingerprint density at radius 2 is 2.29 bits per heavy atom. The van der Waals surface area contributed by atoms with Crippen LogP contribution in [0.25, 0.3) is 0 Å². The van der Waals surface area contributed by atoms with Gasteiger partial charge in [0.1, 0.15) is 16.1 Å². The summed E-state index contributed by atoms with van der Waals surface area (Å²) in [4.78, 5) is 15.0. The van der Waals surface area contributed by atoms with Gasteiger partial charge in [-0.1, -0.05) is 24.9 Å². The minimum atomic E-state index is -3.96. The first-order chi connectivity index (χ1) is 9.87. The minimum Gasteiger partial charge on any atom is -0.480 e. The highest BCUT2D eigenvalue weighted by Gasteiger charge is 2.41. The van der Waals surface area contributed by atoms with Crippen molar-refractivity contribution in [1.82, 2.24) is 9.29 Å². The zero-order valence-corrected chi connectivity index (χ0v) is 13.1. The van der Waals surface area contributed by atoms with Gasteiger partial charge >= 0.3 is 5.97 Å². The van der Waals surface area contributed by atoms with E-state index in [1.807, 2.05) is 6.92 Å². The summed E-state index contributed by atoms with van der Waals surface area (Å²) < 4.78 is 26.3. The lowest BCUT2D eigenvalue weighted by Gasteiger charge is -2.35. The van der Waals surface area contributed by atoms with Gasteiger partial charge in [0.2, 0.25) is 10.0 Å². The summed E-state index contributed by atoms with van der Waals surface area (Å²) in [6.45, 7) is 2.16. The molecular weight excluding hydrogens is 316 g/mol. The van der Waals surface area contributed by atoms with Gasteiger partial charge in [0.25, 0.3) is 0 Å². The summed E-state index contributed by atoms with van der Waals surface area (Å²) in [6, 6.07) is 1.76. The number of aromatic nitrogens is 1. The van der Waals surface area contributed by atoms with Gasteiger partial charge in [0.05, 0.1) is 0 Å². The quantitative estimate of drug-likeness (QED) is 0.852. The molecule has 2 rings (SSSR count). The molecule has 1 aliphatic rings. The van der Waals surface area contributed by atoms with Gasteiger partial charge in [-0.2, -0.15) is 4.31 Å². The number of sulfonamides is 1. The van der Waals surface area contributed by atoms with Crippen molar-refractivity contribution in [2.24, 2.45) is 5.92 Å². The molecule has 21 heavy (non-hydrogen) atoms. The van der Waals surface area contributed by atoms with Crippen LogP contribution in [0.15, 0.2) is 23.2 Å². The number of halogens is 1. The molecular formula is C13H17ClN2O4S. The molecule has 0 radical (unpaired) electrons. The summed E-state index contributed by atoms with van der Waals surface area (Å²) >= 11 is 5.85. The fraction of sp³-hybridized carbons (Fsp3) is 0.538. The molecule has 1 aromatic rings. The molecule has 1 fully saturated rings. The molecule has 2 atom stereocenters. The van der Waals surface area contributed by atoms with Crippen molar-refractivity contribution in [3.05, 3.63) is 23.5 Å². The first kappa shape index (κ1) is 16.2. The highest BCUT2D eigenvalue weighted by molar-refractivity contribution is 7.89. The number of aliphatic carboxylic acids is 1. The molecule has 0 aromatic carbocycles. The zero-order chi connectivity index (χ0) is 15.6. The van der Waals surface area contributed by atoms with Crippen molar-refractivity contribution < 1.29 is 18.3 Å². The first-order valence-electron chi connectivity index (χ1n) is 6.73. The Labute approximate surface area is 128 Å². The van der Waals surface area contributed by atoms with Crippen molar-refractivity contribution in [2.45, 2.75) is 37.1 Å². The molecule has 8 heteroatoms. The Balaban J connectivity index is 2.39. The van der Waals surface area contributed by atoms with Crippen molar-refractivity contribution >= 4 is 27.6 Å². The van der Waals surface area contributed by atoms with Crippen LogP contribution < -0.4 is 0 Å². The van der Waals surface area contributed by atoms with E-state index in [9.17, 15) is 18.3 Å². The van der Waals surface area contributed by atoms with Crippen molar-refractivity contribution in [2.75, 3.05) is 6.54 Å². The number of carboxylic acids is 1. The third-order valence-electron chi connectivity index (χ3n) is 3.84. The number of hydrogen-bond donors (Lipinski definition) is 1. The Bertz CT molecular complexity index is 635. The molecule has 0 spiro atoms. The van der Waals surface area contributed by atoms with Gasteiger partial charge in [-0.05, 0) is 30.9 Å². The van der Waals surface area contributed by atoms with Crippen molar-refractivity contribution in [1.29, 1.82) is 0 Å². The number of piperidine rings is 1. The maximum Gasteiger partial charge on any atom is 0.322 e. The summed E-state index contributed by atoms with van der Waals surface area (Å²) in [6.07, 6.45) is 3.20. The molecule has 0 bridgehead atoms. The largest absolute Gasteiger partial charge is 0.480 e. The van der Waals surface area contributed by atoms with Crippen LogP contribution in [0.1, 0.15) is 26.2 Å². The standard InChI is InChI=1S/C13H17ClN2O4S/c1-2-9-5-7-16(10(8-9)13(17)18)21(19,20)11-4-3-6-15-12(11)14/h3-4,6,9-10H,2,5,7-8H2,1H3,(H,17,18). The fourth-order valence-corrected chi connectivity index (χ4v) is 4.63. The first-order valence-corrected chi connectivity index (χ1v) is 8.55. The predicted molar refractivity (Wildman–Crippen MR) is 77.6 cm³/mol. The van der Waals surface area contributed by atoms with Crippen LogP contribution in [0.5, 0.6) is 0 Å². The molecule has 1 N–H and O–H groups in total. The topological polar surface area (TPSA) is 87.6 Å². The number of carbonyl (C=O) groups is 1. The zero-order valence-electron chi connectivity index (χ0n) is 11.6. The summed E-state index contributed by atoms with van der Waals surface area (Å²) in [5, 5.41) is 9.21. The van der Waals surface area contributed by atoms with Crippen LogP contribution in [0.2, 0.25) is 5.15 Å². The Morgan fingerprint density at radius 1 is 1.57 bits per heavy atom. The fourth-order valence-electron chi connectivity index (χ4n) is 2.59. The summed E-state index contributed by atoms with van der Waals surface area (Å²) in [5.41, 5.74) is 0. The van der Waals surface area contributed by atoms with E-state index >= 15 is 0 Å². The SMILES string of the molecule is CCC1CCN(S(=O)(=O)c2cccnc2Cl)C(C(=O)O)C1. The molecule has 2 heterocycles. The molecule has 6 nitrogen and oxygen atoms in total. The lowest BCUT2D eigenvalue weighted by molar-refractivity contribution is -0.143. The minimum absolute atomic E-state index is 0.140. The Hall–Kier alpha value is -1.18. The van der Waals surface area contributed by atoms with E-state index < -0.39 is 22.0 Å². The van der Waals surface area contributed by atoms with Gasteiger partial charge < -0.3 is 5.11 Å². The number of rotatable bonds is 4. The van der Waals surface area contributed by atoms with Crippen molar-refractivity contribution in [3.63, 3.8) is 0 Å². The molecule has 0 amide bonds. The van der Waals surface area contributed by atoms with Gasteiger partial charge in [0, 0.05) is 12.7 Å². The third-order valence-corrected chi connectivity index (χ3v) is 6.19. The molecule has 0 aliphatic carbocycles. The molecule has 1 aromatic heterocycles. The van der Waals surface area contributed by atoms with Crippen LogP contribution in [0.4, 0.5) is 0 Å². The number of nitrogens with zero attached hydrogens (tertiary/aromatic N) is 2. The van der Waals surface area contributed by atoms with E-state index in [0.29, 0.717) is 12.8 Å². The average molecular weight is 333 g/mol. The molecule has 116 valence electrons. The van der Waals surface area contributed by atoms with Crippen LogP contribution in [0, 0.1) is 5.92 Å². The number of hydrogen-bond acceptors (Lipinski definition) is 4. The van der Waals surface area contributed by atoms with Crippen LogP contribution in [0.3, 0.4) is 0 Å². The van der Waals surface area contributed by atoms with E-state index in [-0.39, 0.29) is 22.5 Å². The monoisotopic (exact) mass is 332 g/mol. The van der Waals surface area contributed by atoms with Gasteiger partial charge in [-0.3, -0.25) is 4.79 Å². The van der Waals surface area contributed by atoms with E-state index in [1.54, 1.807) is 0 Å². The lowest BCUT2D eigenvalue weighted by atomic mass is 9.90.